The van der Waals surface area contributed by atoms with Gasteiger partial charge in [-0.1, -0.05) is 12.1 Å². The lowest BCUT2D eigenvalue weighted by Crippen LogP contribution is -2.50. The van der Waals surface area contributed by atoms with E-state index in [1.165, 1.54) is 19.4 Å². The Bertz CT molecular complexity index is 863. The fraction of sp³-hybridized carbons (Fsp3) is 0.632. The Morgan fingerprint density at radius 2 is 1.83 bits per heavy atom. The van der Waals surface area contributed by atoms with Gasteiger partial charge in [-0.3, -0.25) is 0 Å². The Labute approximate surface area is 173 Å². The summed E-state index contributed by atoms with van der Waals surface area (Å²) in [5.74, 6) is -1.38. The van der Waals surface area contributed by atoms with E-state index >= 15 is 0 Å². The van der Waals surface area contributed by atoms with Gasteiger partial charge < -0.3 is 14.7 Å². The normalized spacial score (nSPS) is 23.2. The second kappa shape index (κ2) is 8.72. The van der Waals surface area contributed by atoms with E-state index in [0.717, 1.165) is 31.8 Å². The van der Waals surface area contributed by atoms with Crippen LogP contribution in [-0.4, -0.2) is 63.4 Å². The highest BCUT2D eigenvalue weighted by Gasteiger charge is 2.40. The highest BCUT2D eigenvalue weighted by Crippen LogP contribution is 2.37. The van der Waals surface area contributed by atoms with Gasteiger partial charge in [0.1, 0.15) is 10.6 Å². The van der Waals surface area contributed by atoms with Crippen LogP contribution in [0.4, 0.5) is 13.2 Å². The summed E-state index contributed by atoms with van der Waals surface area (Å²) in [6.07, 6.45) is -0.350. The first-order chi connectivity index (χ1) is 14.0. The predicted octanol–water partition coefficient (Wildman–Crippen LogP) is 2.48. The Balaban J connectivity index is 0.000000318. The van der Waals surface area contributed by atoms with Crippen LogP contribution in [0.25, 0.3) is 0 Å². The molecule has 0 bridgehead atoms. The van der Waals surface area contributed by atoms with Crippen molar-refractivity contribution >= 4 is 16.0 Å². The minimum Gasteiger partial charge on any atom is -0.492 e. The van der Waals surface area contributed by atoms with Crippen molar-refractivity contribution in [1.82, 2.24) is 9.62 Å². The molecule has 0 atom stereocenters. The van der Waals surface area contributed by atoms with Crippen LogP contribution in [0.15, 0.2) is 29.2 Å². The second-order valence-electron chi connectivity index (χ2n) is 8.11. The summed E-state index contributed by atoms with van der Waals surface area (Å²) in [6.45, 7) is 4.36. The molecule has 2 N–H and O–H groups in total. The van der Waals surface area contributed by atoms with Crippen LogP contribution in [0, 0.1) is 11.3 Å². The van der Waals surface area contributed by atoms with Crippen LogP contribution in [-0.2, 0) is 14.8 Å². The standard InChI is InChI=1S/C17H24N2O3S.C2HF3O2/c20-23(21)16-4-2-1-3-15(16)22-13-17(12-18-23)7-9-19(10-8-17)11-14-5-6-14;3-2(4,5)1(6)7/h1-4,14,18H,5-13H2;(H,6,7). The van der Waals surface area contributed by atoms with Crippen LogP contribution in [0.2, 0.25) is 0 Å². The van der Waals surface area contributed by atoms with Crippen molar-refractivity contribution in [3.63, 3.8) is 0 Å². The average Bonchev–Trinajstić information content (AvgIpc) is 3.50. The van der Waals surface area contributed by atoms with Gasteiger partial charge in [0, 0.05) is 18.5 Å². The largest absolute Gasteiger partial charge is 0.492 e. The highest BCUT2D eigenvalue weighted by atomic mass is 32.2. The summed E-state index contributed by atoms with van der Waals surface area (Å²) in [7, 11) is -3.49. The number of hydrogen-bond acceptors (Lipinski definition) is 5. The molecule has 1 aliphatic carbocycles. The summed E-state index contributed by atoms with van der Waals surface area (Å²) in [6, 6.07) is 6.90. The summed E-state index contributed by atoms with van der Waals surface area (Å²) in [5, 5.41) is 7.12. The number of rotatable bonds is 2. The average molecular weight is 450 g/mol. The monoisotopic (exact) mass is 450 g/mol. The maximum atomic E-state index is 12.5. The van der Waals surface area contributed by atoms with Crippen molar-refractivity contribution in [3.05, 3.63) is 24.3 Å². The molecule has 0 unspecified atom stereocenters. The minimum atomic E-state index is -5.08. The van der Waals surface area contributed by atoms with Gasteiger partial charge in [-0.05, 0) is 56.8 Å². The Morgan fingerprint density at radius 1 is 1.23 bits per heavy atom. The molecular formula is C19H25F3N2O5S. The summed E-state index contributed by atoms with van der Waals surface area (Å²) in [4.78, 5) is 11.7. The molecule has 0 amide bonds. The lowest BCUT2D eigenvalue weighted by molar-refractivity contribution is -0.192. The Hall–Kier alpha value is -1.85. The smallest absolute Gasteiger partial charge is 0.490 e. The van der Waals surface area contributed by atoms with Crippen molar-refractivity contribution in [1.29, 1.82) is 0 Å². The number of benzene rings is 1. The van der Waals surface area contributed by atoms with E-state index < -0.39 is 22.2 Å². The first kappa shape index (κ1) is 22.8. The Morgan fingerprint density at radius 3 is 2.40 bits per heavy atom. The number of carboxylic acids is 1. The first-order valence-corrected chi connectivity index (χ1v) is 11.2. The van der Waals surface area contributed by atoms with Gasteiger partial charge in [0.15, 0.2) is 0 Å². The molecule has 0 aromatic heterocycles. The molecule has 1 spiro atoms. The number of fused-ring (bicyclic) bond motifs is 1. The second-order valence-corrected chi connectivity index (χ2v) is 9.84. The number of para-hydroxylation sites is 1. The fourth-order valence-corrected chi connectivity index (χ4v) is 4.90. The van der Waals surface area contributed by atoms with Gasteiger partial charge in [-0.15, -0.1) is 0 Å². The van der Waals surface area contributed by atoms with Gasteiger partial charge in [0.05, 0.1) is 6.61 Å². The predicted molar refractivity (Wildman–Crippen MR) is 102 cm³/mol. The molecule has 11 heteroatoms. The molecule has 0 radical (unpaired) electrons. The van der Waals surface area contributed by atoms with E-state index in [-0.39, 0.29) is 10.3 Å². The number of alkyl halides is 3. The number of ether oxygens (including phenoxy) is 1. The van der Waals surface area contributed by atoms with E-state index in [1.807, 2.05) is 6.07 Å². The van der Waals surface area contributed by atoms with E-state index in [0.29, 0.717) is 18.9 Å². The number of halogens is 3. The van der Waals surface area contributed by atoms with Gasteiger partial charge in [0.25, 0.3) is 0 Å². The van der Waals surface area contributed by atoms with Crippen LogP contribution < -0.4 is 9.46 Å². The van der Waals surface area contributed by atoms with Crippen molar-refractivity contribution in [2.75, 3.05) is 32.8 Å². The Kier molecular flexibility index (Phi) is 6.63. The number of likely N-dealkylation sites (tertiary alicyclic amines) is 1. The van der Waals surface area contributed by atoms with Crippen molar-refractivity contribution in [2.45, 2.75) is 36.8 Å². The summed E-state index contributed by atoms with van der Waals surface area (Å²) < 4.78 is 65.5. The first-order valence-electron chi connectivity index (χ1n) is 9.75. The third-order valence-corrected chi connectivity index (χ3v) is 7.12. The number of sulfonamides is 1. The fourth-order valence-electron chi connectivity index (χ4n) is 3.60. The van der Waals surface area contributed by atoms with Gasteiger partial charge in [-0.25, -0.2) is 17.9 Å². The zero-order valence-electron chi connectivity index (χ0n) is 16.3. The van der Waals surface area contributed by atoms with Crippen LogP contribution in [0.3, 0.4) is 0 Å². The van der Waals surface area contributed by atoms with E-state index in [1.54, 1.807) is 18.2 Å². The topological polar surface area (TPSA) is 95.9 Å². The summed E-state index contributed by atoms with van der Waals surface area (Å²) >= 11 is 0. The maximum Gasteiger partial charge on any atom is 0.490 e. The quantitative estimate of drug-likeness (QED) is 0.719. The third-order valence-electron chi connectivity index (χ3n) is 5.68. The zero-order valence-corrected chi connectivity index (χ0v) is 17.1. The van der Waals surface area contributed by atoms with Gasteiger partial charge in [0.2, 0.25) is 10.0 Å². The lowest BCUT2D eigenvalue weighted by Gasteiger charge is -2.42. The van der Waals surface area contributed by atoms with Crippen LogP contribution >= 0.6 is 0 Å². The summed E-state index contributed by atoms with van der Waals surface area (Å²) in [5.41, 5.74) is -0.0827. The zero-order chi connectivity index (χ0) is 22.0. The van der Waals surface area contributed by atoms with Crippen molar-refractivity contribution in [3.8, 4) is 5.75 Å². The number of nitrogens with zero attached hydrogens (tertiary/aromatic N) is 1. The molecule has 168 valence electrons. The molecule has 2 heterocycles. The molecule has 1 aromatic rings. The molecule has 1 aromatic carbocycles. The molecule has 1 saturated carbocycles. The van der Waals surface area contributed by atoms with Crippen LogP contribution in [0.5, 0.6) is 5.75 Å². The van der Waals surface area contributed by atoms with Gasteiger partial charge in [-0.2, -0.15) is 13.2 Å². The molecular weight excluding hydrogens is 425 g/mol. The number of aliphatic carboxylic acids is 1. The SMILES string of the molecule is O=C(O)C(F)(F)F.O=S1(=O)NCC2(CCN(CC3CC3)CC2)COc2ccccc21. The molecule has 4 rings (SSSR count). The van der Waals surface area contributed by atoms with E-state index in [9.17, 15) is 21.6 Å². The number of carboxylic acid groups (broad SMARTS) is 1. The van der Waals surface area contributed by atoms with Crippen molar-refractivity contribution in [2.24, 2.45) is 11.3 Å². The van der Waals surface area contributed by atoms with Crippen LogP contribution in [0.1, 0.15) is 25.7 Å². The van der Waals surface area contributed by atoms with Gasteiger partial charge >= 0.3 is 12.1 Å². The number of hydrogen-bond donors (Lipinski definition) is 2. The molecule has 2 aliphatic heterocycles. The van der Waals surface area contributed by atoms with E-state index in [4.69, 9.17) is 14.6 Å². The minimum absolute atomic E-state index is 0.0827. The number of carbonyl (C=O) groups is 1. The molecule has 1 saturated heterocycles. The molecule has 3 aliphatic rings. The van der Waals surface area contributed by atoms with E-state index in [2.05, 4.69) is 9.62 Å². The number of nitrogens with one attached hydrogen (secondary N) is 1. The maximum absolute atomic E-state index is 12.5. The third kappa shape index (κ3) is 5.86. The lowest BCUT2D eigenvalue weighted by atomic mass is 9.79. The molecule has 2 fully saturated rings. The number of piperidine rings is 1. The molecule has 7 nitrogen and oxygen atoms in total. The highest BCUT2D eigenvalue weighted by molar-refractivity contribution is 7.89. The van der Waals surface area contributed by atoms with Crippen molar-refractivity contribution < 1.29 is 36.2 Å². The molecule has 30 heavy (non-hydrogen) atoms.